The number of aryl methyl sites for hydroxylation is 1. The van der Waals surface area contributed by atoms with Crippen molar-refractivity contribution in [2.45, 2.75) is 31.9 Å². The first kappa shape index (κ1) is 13.0. The summed E-state index contributed by atoms with van der Waals surface area (Å²) in [7, 11) is 0. The van der Waals surface area contributed by atoms with E-state index in [-0.39, 0.29) is 6.04 Å². The molecule has 1 aromatic carbocycles. The van der Waals surface area contributed by atoms with Crippen LogP contribution < -0.4 is 10.5 Å². The van der Waals surface area contributed by atoms with Crippen LogP contribution >= 0.6 is 22.9 Å². The average molecular weight is 294 g/mol. The zero-order valence-electron chi connectivity index (χ0n) is 10.6. The second-order valence-electron chi connectivity index (χ2n) is 4.85. The Bertz CT molecular complexity index is 581. The van der Waals surface area contributed by atoms with Crippen molar-refractivity contribution in [1.29, 1.82) is 0 Å². The molecule has 2 aromatic rings. The number of rotatable bonds is 3. The van der Waals surface area contributed by atoms with Gasteiger partial charge in [0.2, 0.25) is 0 Å². The Balaban J connectivity index is 1.73. The van der Waals surface area contributed by atoms with Gasteiger partial charge in [-0.3, -0.25) is 0 Å². The predicted octanol–water partition coefficient (Wildman–Crippen LogP) is 4.32. The van der Waals surface area contributed by atoms with E-state index >= 15 is 0 Å². The van der Waals surface area contributed by atoms with E-state index in [0.29, 0.717) is 6.61 Å². The number of benzene rings is 1. The van der Waals surface area contributed by atoms with Gasteiger partial charge in [-0.05, 0) is 54.7 Å². The zero-order chi connectivity index (χ0) is 13.2. The van der Waals surface area contributed by atoms with Gasteiger partial charge in [-0.15, -0.1) is 11.3 Å². The van der Waals surface area contributed by atoms with E-state index in [9.17, 15) is 0 Å². The fourth-order valence-electron chi connectivity index (χ4n) is 2.49. The van der Waals surface area contributed by atoms with Gasteiger partial charge in [0.15, 0.2) is 0 Å². The summed E-state index contributed by atoms with van der Waals surface area (Å²) in [6.45, 7) is 0.561. The van der Waals surface area contributed by atoms with Crippen LogP contribution in [0.2, 0.25) is 4.34 Å². The molecule has 1 aromatic heterocycles. The highest BCUT2D eigenvalue weighted by Crippen LogP contribution is 2.31. The van der Waals surface area contributed by atoms with Gasteiger partial charge in [0.05, 0.1) is 4.34 Å². The van der Waals surface area contributed by atoms with Crippen molar-refractivity contribution in [1.82, 2.24) is 0 Å². The molecule has 0 fully saturated rings. The van der Waals surface area contributed by atoms with Crippen molar-refractivity contribution in [2.24, 2.45) is 5.73 Å². The summed E-state index contributed by atoms with van der Waals surface area (Å²) >= 11 is 7.45. The maximum atomic E-state index is 6.15. The summed E-state index contributed by atoms with van der Waals surface area (Å²) in [5.41, 5.74) is 8.76. The first-order valence-electron chi connectivity index (χ1n) is 6.48. The van der Waals surface area contributed by atoms with Crippen molar-refractivity contribution in [2.75, 3.05) is 0 Å². The van der Waals surface area contributed by atoms with Crippen LogP contribution in [-0.4, -0.2) is 0 Å². The van der Waals surface area contributed by atoms with Gasteiger partial charge in [-0.1, -0.05) is 17.7 Å². The van der Waals surface area contributed by atoms with E-state index in [0.717, 1.165) is 27.8 Å². The van der Waals surface area contributed by atoms with Crippen LogP contribution in [0, 0.1) is 0 Å². The molecule has 1 atom stereocenters. The van der Waals surface area contributed by atoms with E-state index in [2.05, 4.69) is 12.1 Å². The van der Waals surface area contributed by atoms with Crippen LogP contribution in [0.15, 0.2) is 30.3 Å². The number of thiophene rings is 1. The van der Waals surface area contributed by atoms with Gasteiger partial charge in [0, 0.05) is 10.9 Å². The Hall–Kier alpha value is -1.03. The Morgan fingerprint density at radius 3 is 3.00 bits per heavy atom. The number of hydrogen-bond acceptors (Lipinski definition) is 3. The molecule has 0 spiro atoms. The van der Waals surface area contributed by atoms with Crippen LogP contribution in [0.4, 0.5) is 0 Å². The number of fused-ring (bicyclic) bond motifs is 1. The van der Waals surface area contributed by atoms with Crippen LogP contribution in [0.1, 0.15) is 34.9 Å². The van der Waals surface area contributed by atoms with Crippen LogP contribution in [0.3, 0.4) is 0 Å². The van der Waals surface area contributed by atoms with Crippen molar-refractivity contribution < 1.29 is 4.74 Å². The SMILES string of the molecule is N[C@@H]1CCCc2ccc(OCc3ccc(Cl)s3)cc21. The molecule has 100 valence electrons. The minimum atomic E-state index is 0.156. The monoisotopic (exact) mass is 293 g/mol. The molecule has 1 aliphatic rings. The lowest BCUT2D eigenvalue weighted by Gasteiger charge is -2.22. The quantitative estimate of drug-likeness (QED) is 0.915. The molecule has 0 amide bonds. The Morgan fingerprint density at radius 1 is 1.32 bits per heavy atom. The maximum Gasteiger partial charge on any atom is 0.122 e. The average Bonchev–Trinajstić information content (AvgIpc) is 2.83. The second-order valence-corrected chi connectivity index (χ2v) is 6.65. The molecule has 0 radical (unpaired) electrons. The molecule has 0 unspecified atom stereocenters. The van der Waals surface area contributed by atoms with Crippen LogP contribution in [-0.2, 0) is 13.0 Å². The number of halogens is 1. The topological polar surface area (TPSA) is 35.2 Å². The van der Waals surface area contributed by atoms with Gasteiger partial charge in [0.25, 0.3) is 0 Å². The maximum absolute atomic E-state index is 6.15. The van der Waals surface area contributed by atoms with Gasteiger partial charge in [-0.2, -0.15) is 0 Å². The standard InChI is InChI=1S/C15H16ClNOS/c16-15-7-6-12(19-15)9-18-11-5-4-10-2-1-3-14(17)13(10)8-11/h4-8,14H,1-3,9,17H2/t14-/m1/s1. The van der Waals surface area contributed by atoms with Crippen LogP contribution in [0.5, 0.6) is 5.75 Å². The first-order chi connectivity index (χ1) is 9.22. The third kappa shape index (κ3) is 2.94. The molecule has 0 saturated carbocycles. The van der Waals surface area contributed by atoms with Crippen molar-refractivity contribution in [3.8, 4) is 5.75 Å². The lowest BCUT2D eigenvalue weighted by atomic mass is 9.88. The normalized spacial score (nSPS) is 18.1. The molecule has 4 heteroatoms. The molecule has 2 nitrogen and oxygen atoms in total. The molecule has 2 N–H and O–H groups in total. The van der Waals surface area contributed by atoms with E-state index in [4.69, 9.17) is 22.1 Å². The minimum absolute atomic E-state index is 0.156. The van der Waals surface area contributed by atoms with E-state index in [1.165, 1.54) is 17.5 Å². The minimum Gasteiger partial charge on any atom is -0.488 e. The summed E-state index contributed by atoms with van der Waals surface area (Å²) in [5, 5.41) is 0. The smallest absolute Gasteiger partial charge is 0.122 e. The largest absolute Gasteiger partial charge is 0.488 e. The Kier molecular flexibility index (Phi) is 3.78. The molecule has 0 aliphatic heterocycles. The molecule has 19 heavy (non-hydrogen) atoms. The lowest BCUT2D eigenvalue weighted by Crippen LogP contribution is -2.17. The third-order valence-corrected chi connectivity index (χ3v) is 4.69. The Labute approximate surface area is 122 Å². The zero-order valence-corrected chi connectivity index (χ0v) is 12.1. The lowest BCUT2D eigenvalue weighted by molar-refractivity contribution is 0.309. The number of hydrogen-bond donors (Lipinski definition) is 1. The summed E-state index contributed by atoms with van der Waals surface area (Å²) in [6.07, 6.45) is 3.38. The van der Waals surface area contributed by atoms with Crippen LogP contribution in [0.25, 0.3) is 0 Å². The molecular weight excluding hydrogens is 278 g/mol. The Morgan fingerprint density at radius 2 is 2.21 bits per heavy atom. The first-order valence-corrected chi connectivity index (χ1v) is 7.67. The summed E-state index contributed by atoms with van der Waals surface area (Å²) in [6, 6.07) is 10.3. The summed E-state index contributed by atoms with van der Waals surface area (Å²) < 4.78 is 6.61. The highest BCUT2D eigenvalue weighted by molar-refractivity contribution is 7.16. The van der Waals surface area contributed by atoms with Crippen molar-refractivity contribution in [3.05, 3.63) is 50.7 Å². The van der Waals surface area contributed by atoms with Gasteiger partial charge in [0.1, 0.15) is 12.4 Å². The highest BCUT2D eigenvalue weighted by Gasteiger charge is 2.17. The molecule has 0 saturated heterocycles. The molecule has 1 aliphatic carbocycles. The fraction of sp³-hybridized carbons (Fsp3) is 0.333. The molecule has 3 rings (SSSR count). The fourth-order valence-corrected chi connectivity index (χ4v) is 3.49. The third-order valence-electron chi connectivity index (χ3n) is 3.49. The molecule has 0 bridgehead atoms. The number of ether oxygens (including phenoxy) is 1. The second kappa shape index (κ2) is 5.53. The molecular formula is C15H16ClNOS. The van der Waals surface area contributed by atoms with Gasteiger partial charge in [-0.25, -0.2) is 0 Å². The summed E-state index contributed by atoms with van der Waals surface area (Å²) in [5.74, 6) is 0.889. The van der Waals surface area contributed by atoms with Gasteiger partial charge < -0.3 is 10.5 Å². The highest BCUT2D eigenvalue weighted by atomic mass is 35.5. The van der Waals surface area contributed by atoms with E-state index in [1.807, 2.05) is 18.2 Å². The van der Waals surface area contributed by atoms with Crippen molar-refractivity contribution >= 4 is 22.9 Å². The van der Waals surface area contributed by atoms with E-state index in [1.54, 1.807) is 11.3 Å². The van der Waals surface area contributed by atoms with E-state index < -0.39 is 0 Å². The summed E-state index contributed by atoms with van der Waals surface area (Å²) in [4.78, 5) is 1.13. The van der Waals surface area contributed by atoms with Gasteiger partial charge >= 0.3 is 0 Å². The number of nitrogens with two attached hydrogens (primary N) is 1. The van der Waals surface area contributed by atoms with Crippen molar-refractivity contribution in [3.63, 3.8) is 0 Å². The molecule has 1 heterocycles. The predicted molar refractivity (Wildman–Crippen MR) is 80.0 cm³/mol.